The van der Waals surface area contributed by atoms with Crippen LogP contribution in [0.5, 0.6) is 0 Å². The molecule has 0 unspecified atom stereocenters. The number of carbonyl (C=O) groups is 2. The van der Waals surface area contributed by atoms with Gasteiger partial charge in [-0.15, -0.1) is 0 Å². The van der Waals surface area contributed by atoms with Crippen molar-refractivity contribution >= 4 is 23.4 Å². The summed E-state index contributed by atoms with van der Waals surface area (Å²) in [5, 5.41) is 9.60. The van der Waals surface area contributed by atoms with Crippen LogP contribution in [0.3, 0.4) is 0 Å². The van der Waals surface area contributed by atoms with Gasteiger partial charge >= 0.3 is 5.97 Å². The molecule has 140 valence electrons. The van der Waals surface area contributed by atoms with E-state index < -0.39 is 17.6 Å². The van der Waals surface area contributed by atoms with E-state index in [0.717, 1.165) is 5.56 Å². The highest BCUT2D eigenvalue weighted by molar-refractivity contribution is 6.30. The minimum Gasteiger partial charge on any atom is -0.454 e. The van der Waals surface area contributed by atoms with Gasteiger partial charge in [-0.1, -0.05) is 11.6 Å². The lowest BCUT2D eigenvalue weighted by atomic mass is 9.99. The molecule has 1 aromatic carbocycles. The molecule has 0 aliphatic carbocycles. The molecular formula is C20H19ClN2O4. The fourth-order valence-electron chi connectivity index (χ4n) is 2.81. The third-order valence-corrected chi connectivity index (χ3v) is 4.56. The van der Waals surface area contributed by atoms with Crippen LogP contribution in [0.4, 0.5) is 0 Å². The Morgan fingerprint density at radius 2 is 1.89 bits per heavy atom. The maximum absolute atomic E-state index is 12.3. The van der Waals surface area contributed by atoms with Crippen molar-refractivity contribution in [2.45, 2.75) is 39.7 Å². The van der Waals surface area contributed by atoms with E-state index in [1.807, 2.05) is 6.07 Å². The first-order valence-electron chi connectivity index (χ1n) is 8.36. The van der Waals surface area contributed by atoms with Crippen LogP contribution in [0.15, 0.2) is 29.1 Å². The number of halogens is 1. The number of ether oxygens (including phenoxy) is 1. The number of nitrogens with zero attached hydrogens (tertiary/aromatic N) is 1. The molecule has 7 heteroatoms. The third kappa shape index (κ3) is 4.83. The summed E-state index contributed by atoms with van der Waals surface area (Å²) in [4.78, 5) is 38.8. The van der Waals surface area contributed by atoms with Crippen molar-refractivity contribution in [2.75, 3.05) is 0 Å². The molecular weight excluding hydrogens is 368 g/mol. The zero-order valence-corrected chi connectivity index (χ0v) is 16.0. The number of nitriles is 1. The minimum atomic E-state index is -0.925. The van der Waals surface area contributed by atoms with Gasteiger partial charge in [0.15, 0.2) is 6.10 Å². The fourth-order valence-corrected chi connectivity index (χ4v) is 2.93. The molecule has 27 heavy (non-hydrogen) atoms. The smallest absolute Gasteiger partial charge is 0.306 e. The van der Waals surface area contributed by atoms with Gasteiger partial charge in [-0.05, 0) is 62.6 Å². The molecule has 0 amide bonds. The van der Waals surface area contributed by atoms with Crippen LogP contribution >= 0.6 is 11.6 Å². The van der Waals surface area contributed by atoms with Crippen molar-refractivity contribution < 1.29 is 14.3 Å². The molecule has 0 saturated carbocycles. The number of carbonyl (C=O) groups excluding carboxylic acids is 2. The van der Waals surface area contributed by atoms with Crippen LogP contribution in [0.1, 0.15) is 46.1 Å². The zero-order valence-electron chi connectivity index (χ0n) is 15.3. The number of nitrogens with one attached hydrogen (secondary N) is 1. The number of benzene rings is 1. The van der Waals surface area contributed by atoms with E-state index in [1.165, 1.54) is 6.92 Å². The normalized spacial score (nSPS) is 11.5. The highest BCUT2D eigenvalue weighted by atomic mass is 35.5. The van der Waals surface area contributed by atoms with Crippen molar-refractivity contribution in [1.82, 2.24) is 4.98 Å². The van der Waals surface area contributed by atoms with E-state index in [4.69, 9.17) is 21.6 Å². The third-order valence-electron chi connectivity index (χ3n) is 4.31. The Balaban J connectivity index is 2.02. The maximum atomic E-state index is 12.3. The number of rotatable bonds is 6. The SMILES string of the molecule is Cc1[nH]c(=O)c(C#N)c(C)c1CCC(=O)O[C@@H](C)C(=O)c1ccc(Cl)cc1. The summed E-state index contributed by atoms with van der Waals surface area (Å²) in [5.74, 6) is -0.850. The highest BCUT2D eigenvalue weighted by Crippen LogP contribution is 2.16. The molecule has 0 fully saturated rings. The number of H-pyrrole nitrogens is 1. The van der Waals surface area contributed by atoms with Gasteiger partial charge in [0.25, 0.3) is 5.56 Å². The molecule has 0 bridgehead atoms. The average Bonchev–Trinajstić information content (AvgIpc) is 2.61. The molecule has 6 nitrogen and oxygen atoms in total. The average molecular weight is 387 g/mol. The Morgan fingerprint density at radius 3 is 2.48 bits per heavy atom. The fraction of sp³-hybridized carbons (Fsp3) is 0.300. The second kappa shape index (κ2) is 8.65. The highest BCUT2D eigenvalue weighted by Gasteiger charge is 2.20. The van der Waals surface area contributed by atoms with Crippen LogP contribution in [-0.4, -0.2) is 22.8 Å². The van der Waals surface area contributed by atoms with Gasteiger partial charge in [-0.2, -0.15) is 5.26 Å². The van der Waals surface area contributed by atoms with Gasteiger partial charge in [-0.25, -0.2) is 0 Å². The van der Waals surface area contributed by atoms with Crippen LogP contribution < -0.4 is 5.56 Å². The van der Waals surface area contributed by atoms with Crippen molar-refractivity contribution in [3.63, 3.8) is 0 Å². The summed E-state index contributed by atoms with van der Waals surface area (Å²) >= 11 is 5.80. The maximum Gasteiger partial charge on any atom is 0.306 e. The summed E-state index contributed by atoms with van der Waals surface area (Å²) < 4.78 is 5.22. The Hall–Kier alpha value is -2.91. The molecule has 0 aliphatic heterocycles. The summed E-state index contributed by atoms with van der Waals surface area (Å²) in [6, 6.07) is 8.21. The van der Waals surface area contributed by atoms with Gasteiger partial charge in [0, 0.05) is 22.7 Å². The number of hydrogen-bond donors (Lipinski definition) is 1. The first-order valence-corrected chi connectivity index (χ1v) is 8.74. The lowest BCUT2D eigenvalue weighted by Gasteiger charge is -2.14. The van der Waals surface area contributed by atoms with Gasteiger partial charge in [0.2, 0.25) is 5.78 Å². The molecule has 0 aliphatic rings. The van der Waals surface area contributed by atoms with E-state index in [1.54, 1.807) is 38.1 Å². The first-order chi connectivity index (χ1) is 12.7. The number of aryl methyl sites for hydroxylation is 1. The van der Waals surface area contributed by atoms with Crippen molar-refractivity contribution in [3.8, 4) is 6.07 Å². The van der Waals surface area contributed by atoms with Crippen LogP contribution in [0.25, 0.3) is 0 Å². The Morgan fingerprint density at radius 1 is 1.26 bits per heavy atom. The summed E-state index contributed by atoms with van der Waals surface area (Å²) in [7, 11) is 0. The molecule has 1 N–H and O–H groups in total. The first kappa shape index (κ1) is 20.4. The Kier molecular flexibility index (Phi) is 6.54. The van der Waals surface area contributed by atoms with Gasteiger partial charge in [0.1, 0.15) is 11.6 Å². The zero-order chi connectivity index (χ0) is 20.1. The molecule has 2 rings (SSSR count). The minimum absolute atomic E-state index is 0.0246. The van der Waals surface area contributed by atoms with Crippen LogP contribution in [0.2, 0.25) is 5.02 Å². The van der Waals surface area contributed by atoms with Crippen molar-refractivity contribution in [2.24, 2.45) is 0 Å². The Labute approximate surface area is 161 Å². The number of aromatic amines is 1. The van der Waals surface area contributed by atoms with Gasteiger partial charge in [0.05, 0.1) is 0 Å². The molecule has 1 heterocycles. The van der Waals surface area contributed by atoms with E-state index in [0.29, 0.717) is 28.3 Å². The molecule has 1 atom stereocenters. The van der Waals surface area contributed by atoms with E-state index in [9.17, 15) is 14.4 Å². The summed E-state index contributed by atoms with van der Waals surface area (Å²) in [5.41, 5.74) is 1.88. The number of ketones is 1. The van der Waals surface area contributed by atoms with Crippen molar-refractivity contribution in [1.29, 1.82) is 5.26 Å². The second-order valence-electron chi connectivity index (χ2n) is 6.17. The molecule has 0 saturated heterocycles. The largest absolute Gasteiger partial charge is 0.454 e. The second-order valence-corrected chi connectivity index (χ2v) is 6.61. The number of esters is 1. The summed E-state index contributed by atoms with van der Waals surface area (Å²) in [6.07, 6.45) is -0.605. The van der Waals surface area contributed by atoms with E-state index >= 15 is 0 Å². The van der Waals surface area contributed by atoms with E-state index in [-0.39, 0.29) is 17.8 Å². The monoisotopic (exact) mass is 386 g/mol. The van der Waals surface area contributed by atoms with Gasteiger partial charge < -0.3 is 9.72 Å². The van der Waals surface area contributed by atoms with Crippen LogP contribution in [0, 0.1) is 25.2 Å². The Bertz CT molecular complexity index is 971. The molecule has 1 aromatic heterocycles. The predicted octanol–water partition coefficient (Wildman–Crippen LogP) is 3.26. The van der Waals surface area contributed by atoms with Crippen LogP contribution in [-0.2, 0) is 16.0 Å². The molecule has 0 spiro atoms. The van der Waals surface area contributed by atoms with Gasteiger partial charge in [-0.3, -0.25) is 14.4 Å². The number of Topliss-reactive ketones (excluding diaryl/α,β-unsaturated/α-hetero) is 1. The topological polar surface area (TPSA) is 100 Å². The van der Waals surface area contributed by atoms with Crippen molar-refractivity contribution in [3.05, 3.63) is 67.6 Å². The number of aromatic nitrogens is 1. The quantitative estimate of drug-likeness (QED) is 0.606. The standard InChI is InChI=1S/C20H19ClN2O4/c1-11-16(12(2)23-20(26)17(11)10-22)8-9-18(24)27-13(3)19(25)14-4-6-15(21)7-5-14/h4-7,13H,8-9H2,1-3H3,(H,23,26)/t13-/m0/s1. The lowest BCUT2D eigenvalue weighted by molar-refractivity contribution is -0.146. The number of pyridine rings is 1. The predicted molar refractivity (Wildman–Crippen MR) is 101 cm³/mol. The summed E-state index contributed by atoms with van der Waals surface area (Å²) in [6.45, 7) is 4.90. The molecule has 2 aromatic rings. The van der Waals surface area contributed by atoms with E-state index in [2.05, 4.69) is 4.98 Å². The molecule has 0 radical (unpaired) electrons. The lowest BCUT2D eigenvalue weighted by Crippen LogP contribution is -2.25. The number of hydrogen-bond acceptors (Lipinski definition) is 5.